The van der Waals surface area contributed by atoms with Crippen molar-refractivity contribution in [1.82, 2.24) is 4.98 Å². The molecular weight excluding hydrogens is 393 g/mol. The van der Waals surface area contributed by atoms with Crippen LogP contribution < -0.4 is 5.32 Å². The van der Waals surface area contributed by atoms with Crippen LogP contribution in [-0.4, -0.2) is 35.5 Å². The third-order valence-electron chi connectivity index (χ3n) is 4.07. The summed E-state index contributed by atoms with van der Waals surface area (Å²) in [4.78, 5) is 39.2. The monoisotopic (exact) mass is 412 g/mol. The number of ether oxygens (including phenoxy) is 2. The molecule has 2 rings (SSSR count). The summed E-state index contributed by atoms with van der Waals surface area (Å²) in [6.07, 6.45) is -1.40. The summed E-state index contributed by atoms with van der Waals surface area (Å²) in [5, 5.41) is 2.02. The first kappa shape index (κ1) is 22.0. The molecule has 0 radical (unpaired) electrons. The van der Waals surface area contributed by atoms with Crippen molar-refractivity contribution in [3.05, 3.63) is 52.1 Å². The molecule has 0 saturated carbocycles. The standard InChI is InChI=1S/C19H19F3N2O5/c1-5-28-18(26)13-8(2)16(23-9(13)3)19(27)29-10(4)17(25)24-12-7-6-11(20)14(21)15(12)22/h6-7,10,23H,5H2,1-4H3,(H,24,25)/t10-/m1/s1. The van der Waals surface area contributed by atoms with Crippen molar-refractivity contribution in [1.29, 1.82) is 0 Å². The Hall–Kier alpha value is -3.30. The summed E-state index contributed by atoms with van der Waals surface area (Å²) >= 11 is 0. The van der Waals surface area contributed by atoms with Crippen LogP contribution >= 0.6 is 0 Å². The molecule has 0 spiro atoms. The van der Waals surface area contributed by atoms with Crippen molar-refractivity contribution >= 4 is 23.5 Å². The van der Waals surface area contributed by atoms with Crippen molar-refractivity contribution < 1.29 is 37.0 Å². The molecule has 1 atom stereocenters. The highest BCUT2D eigenvalue weighted by Crippen LogP contribution is 2.22. The van der Waals surface area contributed by atoms with E-state index in [-0.39, 0.29) is 23.4 Å². The van der Waals surface area contributed by atoms with Crippen molar-refractivity contribution in [2.45, 2.75) is 33.8 Å². The number of aryl methyl sites for hydroxylation is 1. The van der Waals surface area contributed by atoms with E-state index in [0.717, 1.165) is 6.07 Å². The first-order valence-electron chi connectivity index (χ1n) is 8.60. The first-order chi connectivity index (χ1) is 13.6. The lowest BCUT2D eigenvalue weighted by molar-refractivity contribution is -0.123. The maximum Gasteiger partial charge on any atom is 0.355 e. The largest absolute Gasteiger partial charge is 0.462 e. The molecule has 1 aromatic heterocycles. The molecule has 10 heteroatoms. The van der Waals surface area contributed by atoms with Gasteiger partial charge < -0.3 is 19.8 Å². The van der Waals surface area contributed by atoms with E-state index < -0.39 is 47.1 Å². The summed E-state index contributed by atoms with van der Waals surface area (Å²) in [6, 6.07) is 1.48. The molecule has 2 aromatic rings. The SMILES string of the molecule is CCOC(=O)c1c(C)[nH]c(C(=O)O[C@H](C)C(=O)Nc2ccc(F)c(F)c2F)c1C. The number of carbonyl (C=O) groups is 3. The fourth-order valence-electron chi connectivity index (χ4n) is 2.59. The van der Waals surface area contributed by atoms with E-state index in [9.17, 15) is 27.6 Å². The van der Waals surface area contributed by atoms with Crippen molar-refractivity contribution in [2.75, 3.05) is 11.9 Å². The number of H-pyrrole nitrogens is 1. The smallest absolute Gasteiger partial charge is 0.355 e. The molecule has 7 nitrogen and oxygen atoms in total. The second-order valence-electron chi connectivity index (χ2n) is 6.11. The number of rotatable bonds is 6. The Morgan fingerprint density at radius 3 is 2.38 bits per heavy atom. The molecule has 1 amide bonds. The second kappa shape index (κ2) is 8.80. The maximum atomic E-state index is 13.7. The number of hydrogen-bond donors (Lipinski definition) is 2. The number of amides is 1. The number of anilines is 1. The van der Waals surface area contributed by atoms with Gasteiger partial charge in [0.1, 0.15) is 5.69 Å². The third kappa shape index (κ3) is 4.58. The van der Waals surface area contributed by atoms with Crippen LogP contribution in [0.15, 0.2) is 12.1 Å². The zero-order valence-corrected chi connectivity index (χ0v) is 16.1. The van der Waals surface area contributed by atoms with Gasteiger partial charge in [0.05, 0.1) is 17.9 Å². The highest BCUT2D eigenvalue weighted by molar-refractivity contribution is 6.00. The van der Waals surface area contributed by atoms with Crippen molar-refractivity contribution in [3.63, 3.8) is 0 Å². The number of aromatic nitrogens is 1. The second-order valence-corrected chi connectivity index (χ2v) is 6.11. The number of halogens is 3. The van der Waals surface area contributed by atoms with Gasteiger partial charge in [-0.2, -0.15) is 0 Å². The van der Waals surface area contributed by atoms with Gasteiger partial charge in [0, 0.05) is 5.69 Å². The minimum absolute atomic E-state index is 0.0517. The number of nitrogens with one attached hydrogen (secondary N) is 2. The van der Waals surface area contributed by atoms with Crippen LogP contribution in [-0.2, 0) is 14.3 Å². The fraction of sp³-hybridized carbons (Fsp3) is 0.316. The van der Waals surface area contributed by atoms with Gasteiger partial charge in [-0.1, -0.05) is 0 Å². The molecule has 0 aliphatic rings. The minimum atomic E-state index is -1.74. The van der Waals surface area contributed by atoms with Gasteiger partial charge in [0.2, 0.25) is 0 Å². The van der Waals surface area contributed by atoms with E-state index in [4.69, 9.17) is 9.47 Å². The minimum Gasteiger partial charge on any atom is -0.462 e. The summed E-state index contributed by atoms with van der Waals surface area (Å²) in [5.41, 5.74) is 0.191. The molecule has 1 aromatic carbocycles. The molecule has 0 saturated heterocycles. The number of esters is 2. The average molecular weight is 412 g/mol. The zero-order valence-electron chi connectivity index (χ0n) is 16.1. The van der Waals surface area contributed by atoms with Crippen LogP contribution in [0.2, 0.25) is 0 Å². The van der Waals surface area contributed by atoms with Gasteiger partial charge in [-0.25, -0.2) is 22.8 Å². The Bertz CT molecular complexity index is 971. The van der Waals surface area contributed by atoms with E-state index in [2.05, 4.69) is 4.98 Å². The Balaban J connectivity index is 2.13. The van der Waals surface area contributed by atoms with E-state index >= 15 is 0 Å². The number of benzene rings is 1. The Labute approximate surface area is 164 Å². The molecule has 0 unspecified atom stereocenters. The van der Waals surface area contributed by atoms with E-state index in [1.54, 1.807) is 13.8 Å². The maximum absolute atomic E-state index is 13.7. The fourth-order valence-corrected chi connectivity index (χ4v) is 2.59. The number of carbonyl (C=O) groups excluding carboxylic acids is 3. The molecule has 0 aliphatic carbocycles. The van der Waals surface area contributed by atoms with Crippen LogP contribution in [0.1, 0.15) is 46.0 Å². The van der Waals surface area contributed by atoms with Crippen LogP contribution in [0.3, 0.4) is 0 Å². The highest BCUT2D eigenvalue weighted by atomic mass is 19.2. The van der Waals surface area contributed by atoms with E-state index in [0.29, 0.717) is 11.8 Å². The zero-order chi connectivity index (χ0) is 21.9. The predicted octanol–water partition coefficient (Wildman–Crippen LogP) is 3.41. The molecule has 156 valence electrons. The van der Waals surface area contributed by atoms with Crippen LogP contribution in [0.4, 0.5) is 18.9 Å². The molecule has 1 heterocycles. The number of aromatic amines is 1. The van der Waals surface area contributed by atoms with Gasteiger partial charge in [-0.15, -0.1) is 0 Å². The van der Waals surface area contributed by atoms with Crippen molar-refractivity contribution in [3.8, 4) is 0 Å². The van der Waals surface area contributed by atoms with Crippen molar-refractivity contribution in [2.24, 2.45) is 0 Å². The topological polar surface area (TPSA) is 97.5 Å². The van der Waals surface area contributed by atoms with Crippen LogP contribution in [0, 0.1) is 31.3 Å². The molecular formula is C19H19F3N2O5. The number of hydrogen-bond acceptors (Lipinski definition) is 5. The van der Waals surface area contributed by atoms with Gasteiger partial charge in [0.25, 0.3) is 5.91 Å². The quantitative estimate of drug-likeness (QED) is 0.560. The van der Waals surface area contributed by atoms with E-state index in [1.165, 1.54) is 13.8 Å². The van der Waals surface area contributed by atoms with Gasteiger partial charge >= 0.3 is 11.9 Å². The summed E-state index contributed by atoms with van der Waals surface area (Å²) < 4.78 is 49.8. The lowest BCUT2D eigenvalue weighted by Gasteiger charge is -2.14. The first-order valence-corrected chi connectivity index (χ1v) is 8.60. The lowest BCUT2D eigenvalue weighted by atomic mass is 10.1. The molecule has 0 bridgehead atoms. The van der Waals surface area contributed by atoms with Crippen LogP contribution in [0.5, 0.6) is 0 Å². The Kier molecular flexibility index (Phi) is 6.68. The van der Waals surface area contributed by atoms with Gasteiger partial charge in [-0.05, 0) is 45.4 Å². The Morgan fingerprint density at radius 1 is 1.10 bits per heavy atom. The van der Waals surface area contributed by atoms with E-state index in [1.807, 2.05) is 5.32 Å². The summed E-state index contributed by atoms with van der Waals surface area (Å²) in [7, 11) is 0. The van der Waals surface area contributed by atoms with Gasteiger partial charge in [-0.3, -0.25) is 4.79 Å². The van der Waals surface area contributed by atoms with Gasteiger partial charge in [0.15, 0.2) is 23.6 Å². The average Bonchev–Trinajstić information content (AvgIpc) is 2.96. The lowest BCUT2D eigenvalue weighted by Crippen LogP contribution is -2.30. The molecule has 0 aliphatic heterocycles. The summed E-state index contributed by atoms with van der Waals surface area (Å²) in [6.45, 7) is 6.08. The molecule has 2 N–H and O–H groups in total. The highest BCUT2D eigenvalue weighted by Gasteiger charge is 2.27. The predicted molar refractivity (Wildman–Crippen MR) is 96.0 cm³/mol. The third-order valence-corrected chi connectivity index (χ3v) is 4.07. The summed E-state index contributed by atoms with van der Waals surface area (Å²) in [5.74, 6) is -7.24. The molecule has 29 heavy (non-hydrogen) atoms. The molecule has 0 fully saturated rings. The Morgan fingerprint density at radius 2 is 1.76 bits per heavy atom. The van der Waals surface area contributed by atoms with Crippen LogP contribution in [0.25, 0.3) is 0 Å². The normalized spacial score (nSPS) is 11.7.